The van der Waals surface area contributed by atoms with Gasteiger partial charge in [-0.15, -0.1) is 0 Å². The van der Waals surface area contributed by atoms with E-state index in [-0.39, 0.29) is 5.54 Å². The van der Waals surface area contributed by atoms with Crippen molar-refractivity contribution in [2.45, 2.75) is 65.0 Å². The summed E-state index contributed by atoms with van der Waals surface area (Å²) >= 11 is 0. The Morgan fingerprint density at radius 3 is 2.55 bits per heavy atom. The van der Waals surface area contributed by atoms with Crippen molar-refractivity contribution in [1.29, 1.82) is 5.26 Å². The molecule has 0 fully saturated rings. The molecule has 0 radical (unpaired) electrons. The van der Waals surface area contributed by atoms with Crippen molar-refractivity contribution >= 4 is 0 Å². The van der Waals surface area contributed by atoms with Gasteiger partial charge in [0.25, 0.3) is 0 Å². The number of unbranched alkanes of at least 4 members (excludes halogenated alkanes) is 1. The third-order valence-corrected chi connectivity index (χ3v) is 3.40. The summed E-state index contributed by atoms with van der Waals surface area (Å²) < 4.78 is 5.54. The predicted octanol–water partition coefficient (Wildman–Crippen LogP) is 2.80. The lowest BCUT2D eigenvalue weighted by molar-refractivity contribution is 0.0635. The Morgan fingerprint density at radius 1 is 1.30 bits per heavy atom. The quantitative estimate of drug-likeness (QED) is 0.560. The second kappa shape index (κ2) is 11.1. The molecule has 0 saturated carbocycles. The Labute approximate surface area is 125 Å². The summed E-state index contributed by atoms with van der Waals surface area (Å²) in [5.74, 6) is 0. The van der Waals surface area contributed by atoms with Crippen molar-refractivity contribution in [2.24, 2.45) is 0 Å². The molecule has 20 heavy (non-hydrogen) atoms. The highest BCUT2D eigenvalue weighted by molar-refractivity contribution is 5.03. The average Bonchev–Trinajstić information content (AvgIpc) is 2.41. The van der Waals surface area contributed by atoms with Crippen LogP contribution < -0.4 is 5.32 Å². The molecule has 1 unspecified atom stereocenters. The molecule has 4 nitrogen and oxygen atoms in total. The minimum atomic E-state index is -0.366. The minimum absolute atomic E-state index is 0.310. The second-order valence-corrected chi connectivity index (χ2v) is 6.05. The molecule has 0 bridgehead atoms. The zero-order chi connectivity index (χ0) is 15.4. The number of nitrogens with one attached hydrogen (secondary N) is 1. The Kier molecular flexibility index (Phi) is 10.7. The van der Waals surface area contributed by atoms with E-state index in [1.165, 1.54) is 0 Å². The Balaban J connectivity index is 3.70. The van der Waals surface area contributed by atoms with Crippen molar-refractivity contribution in [1.82, 2.24) is 10.2 Å². The molecule has 1 N–H and O–H groups in total. The summed E-state index contributed by atoms with van der Waals surface area (Å²) in [6, 6.07) is 2.40. The van der Waals surface area contributed by atoms with E-state index >= 15 is 0 Å². The smallest absolute Gasteiger partial charge is 0.103 e. The first-order valence-corrected chi connectivity index (χ1v) is 7.90. The van der Waals surface area contributed by atoms with Crippen molar-refractivity contribution in [2.75, 3.05) is 33.3 Å². The molecule has 1 atom stereocenters. The van der Waals surface area contributed by atoms with Gasteiger partial charge in [-0.3, -0.25) is 5.32 Å². The minimum Gasteiger partial charge on any atom is -0.377 e. The van der Waals surface area contributed by atoms with Gasteiger partial charge >= 0.3 is 0 Å². The van der Waals surface area contributed by atoms with Crippen LogP contribution in [0.15, 0.2) is 0 Å². The van der Waals surface area contributed by atoms with E-state index in [1.807, 2.05) is 6.92 Å². The molecule has 0 spiro atoms. The topological polar surface area (TPSA) is 48.3 Å². The molecule has 118 valence electrons. The maximum atomic E-state index is 9.25. The van der Waals surface area contributed by atoms with Gasteiger partial charge in [-0.05, 0) is 66.6 Å². The summed E-state index contributed by atoms with van der Waals surface area (Å²) in [7, 11) is 2.13. The Hall–Kier alpha value is -0.630. The molecule has 0 aromatic carbocycles. The first kappa shape index (κ1) is 19.4. The van der Waals surface area contributed by atoms with Gasteiger partial charge in [0.05, 0.1) is 18.8 Å². The molecule has 0 aromatic rings. The van der Waals surface area contributed by atoms with Crippen LogP contribution >= 0.6 is 0 Å². The summed E-state index contributed by atoms with van der Waals surface area (Å²) in [4.78, 5) is 2.30. The first-order chi connectivity index (χ1) is 9.43. The lowest BCUT2D eigenvalue weighted by Crippen LogP contribution is -2.41. The standard InChI is InChI=1S/C16H33N3O/c1-6-10-18-16(4,14-17)9-7-8-11-19(5)12-13-20-15(2)3/h15,18H,6-13H2,1-5H3. The molecule has 0 saturated heterocycles. The van der Waals surface area contributed by atoms with Crippen LogP contribution in [0.3, 0.4) is 0 Å². The van der Waals surface area contributed by atoms with Gasteiger partial charge in [0.2, 0.25) is 0 Å². The molecule has 0 aliphatic heterocycles. The fourth-order valence-electron chi connectivity index (χ4n) is 2.00. The predicted molar refractivity (Wildman–Crippen MR) is 84.7 cm³/mol. The molecule has 4 heteroatoms. The van der Waals surface area contributed by atoms with E-state index < -0.39 is 0 Å². The number of hydrogen-bond acceptors (Lipinski definition) is 4. The zero-order valence-electron chi connectivity index (χ0n) is 14.0. The summed E-state index contributed by atoms with van der Waals surface area (Å²) in [5, 5.41) is 12.6. The van der Waals surface area contributed by atoms with E-state index in [4.69, 9.17) is 4.74 Å². The lowest BCUT2D eigenvalue weighted by Gasteiger charge is -2.24. The second-order valence-electron chi connectivity index (χ2n) is 6.05. The van der Waals surface area contributed by atoms with Crippen LogP contribution in [-0.2, 0) is 4.74 Å². The molecule has 0 aliphatic carbocycles. The summed E-state index contributed by atoms with van der Waals surface area (Å²) in [6.45, 7) is 12.0. The fourth-order valence-corrected chi connectivity index (χ4v) is 2.00. The number of hydrogen-bond donors (Lipinski definition) is 1. The van der Waals surface area contributed by atoms with Crippen LogP contribution in [0.1, 0.15) is 53.4 Å². The number of likely N-dealkylation sites (N-methyl/N-ethyl adjacent to an activating group) is 1. The maximum Gasteiger partial charge on any atom is 0.103 e. The van der Waals surface area contributed by atoms with Gasteiger partial charge in [-0.25, -0.2) is 0 Å². The molecular formula is C16H33N3O. The van der Waals surface area contributed by atoms with Crippen LogP contribution in [0, 0.1) is 11.3 Å². The molecule has 0 aromatic heterocycles. The highest BCUT2D eigenvalue weighted by Gasteiger charge is 2.21. The van der Waals surface area contributed by atoms with Crippen molar-refractivity contribution in [3.8, 4) is 6.07 Å². The maximum absolute atomic E-state index is 9.25. The molecule has 0 aliphatic rings. The third-order valence-electron chi connectivity index (χ3n) is 3.40. The normalized spacial score (nSPS) is 14.5. The zero-order valence-corrected chi connectivity index (χ0v) is 14.0. The van der Waals surface area contributed by atoms with Crippen LogP contribution in [0.25, 0.3) is 0 Å². The Morgan fingerprint density at radius 2 is 2.00 bits per heavy atom. The highest BCUT2D eigenvalue weighted by Crippen LogP contribution is 2.13. The SMILES string of the molecule is CCCNC(C)(C#N)CCCCN(C)CCOC(C)C. The number of ether oxygens (including phenoxy) is 1. The molecule has 0 heterocycles. The highest BCUT2D eigenvalue weighted by atomic mass is 16.5. The average molecular weight is 283 g/mol. The van der Waals surface area contributed by atoms with E-state index in [1.54, 1.807) is 0 Å². The summed E-state index contributed by atoms with van der Waals surface area (Å²) in [6.07, 6.45) is 4.50. The fraction of sp³-hybridized carbons (Fsp3) is 0.938. The van der Waals surface area contributed by atoms with E-state index in [9.17, 15) is 5.26 Å². The summed E-state index contributed by atoms with van der Waals surface area (Å²) in [5.41, 5.74) is -0.366. The van der Waals surface area contributed by atoms with E-state index in [2.05, 4.69) is 44.1 Å². The first-order valence-electron chi connectivity index (χ1n) is 7.90. The van der Waals surface area contributed by atoms with E-state index in [0.29, 0.717) is 6.10 Å². The van der Waals surface area contributed by atoms with Gasteiger partial charge < -0.3 is 9.64 Å². The Bertz CT molecular complexity index is 275. The molecular weight excluding hydrogens is 250 g/mol. The number of rotatable bonds is 12. The molecule has 0 rings (SSSR count). The number of nitrogens with zero attached hydrogens (tertiary/aromatic N) is 2. The van der Waals surface area contributed by atoms with Gasteiger partial charge in [-0.1, -0.05) is 6.92 Å². The largest absolute Gasteiger partial charge is 0.377 e. The van der Waals surface area contributed by atoms with Crippen LogP contribution in [0.2, 0.25) is 0 Å². The van der Waals surface area contributed by atoms with Crippen LogP contribution in [0.4, 0.5) is 0 Å². The van der Waals surface area contributed by atoms with Crippen molar-refractivity contribution in [3.05, 3.63) is 0 Å². The van der Waals surface area contributed by atoms with Crippen molar-refractivity contribution < 1.29 is 4.74 Å². The van der Waals surface area contributed by atoms with Gasteiger partial charge in [0.15, 0.2) is 0 Å². The lowest BCUT2D eigenvalue weighted by atomic mass is 9.96. The van der Waals surface area contributed by atoms with Crippen LogP contribution in [0.5, 0.6) is 0 Å². The third kappa shape index (κ3) is 10.2. The monoisotopic (exact) mass is 283 g/mol. The van der Waals surface area contributed by atoms with Gasteiger partial charge in [0.1, 0.15) is 5.54 Å². The van der Waals surface area contributed by atoms with Gasteiger partial charge in [-0.2, -0.15) is 5.26 Å². The van der Waals surface area contributed by atoms with Crippen molar-refractivity contribution in [3.63, 3.8) is 0 Å². The molecule has 0 amide bonds. The van der Waals surface area contributed by atoms with Gasteiger partial charge in [0, 0.05) is 6.54 Å². The van der Waals surface area contributed by atoms with Crippen LogP contribution in [-0.4, -0.2) is 49.8 Å². The number of nitriles is 1. The van der Waals surface area contributed by atoms with E-state index in [0.717, 1.165) is 51.9 Å².